The molecular weight excluding hydrogens is 370 g/mol. The van der Waals surface area contributed by atoms with Crippen molar-refractivity contribution in [2.75, 3.05) is 0 Å². The summed E-state index contributed by atoms with van der Waals surface area (Å²) in [5.41, 5.74) is -0.477. The third-order valence-corrected chi connectivity index (χ3v) is 4.53. The summed E-state index contributed by atoms with van der Waals surface area (Å²) >= 11 is 12.2. The molecule has 1 heterocycles. The number of nitriles is 1. The Bertz CT molecular complexity index is 1150. The standard InChI is InChI=1S/C17H9Cl2FN2O3/c18-11-5-1-4-9(13(11)19)12-8(3-2-6-21)7-10-15(14(12)20)22-17(24)25-16(10)23/h1,4-5,7H,2-3H2,(H,22,24). The second-order valence-electron chi connectivity index (χ2n) is 5.21. The summed E-state index contributed by atoms with van der Waals surface area (Å²) in [5.74, 6) is -1.90. The molecule has 0 aliphatic carbocycles. The lowest BCUT2D eigenvalue weighted by atomic mass is 9.94. The number of hydrogen-bond acceptors (Lipinski definition) is 4. The Kier molecular flexibility index (Phi) is 4.62. The first-order chi connectivity index (χ1) is 11.9. The molecule has 3 rings (SSSR count). The molecule has 0 bridgehead atoms. The van der Waals surface area contributed by atoms with Gasteiger partial charge < -0.3 is 4.42 Å². The molecular formula is C17H9Cl2FN2O3. The van der Waals surface area contributed by atoms with Crippen molar-refractivity contribution < 1.29 is 8.81 Å². The van der Waals surface area contributed by atoms with E-state index in [0.29, 0.717) is 11.1 Å². The molecule has 3 aromatic rings. The molecule has 0 unspecified atom stereocenters. The quantitative estimate of drug-likeness (QED) is 0.744. The van der Waals surface area contributed by atoms with Crippen LogP contribution in [0.1, 0.15) is 12.0 Å². The van der Waals surface area contributed by atoms with Gasteiger partial charge in [-0.1, -0.05) is 35.3 Å². The molecule has 0 saturated heterocycles. The number of aromatic nitrogens is 1. The number of fused-ring (bicyclic) bond motifs is 1. The molecule has 0 saturated carbocycles. The molecule has 126 valence electrons. The molecule has 5 nitrogen and oxygen atoms in total. The number of H-pyrrole nitrogens is 1. The third kappa shape index (κ3) is 3.04. The van der Waals surface area contributed by atoms with Crippen molar-refractivity contribution in [3.8, 4) is 17.2 Å². The van der Waals surface area contributed by atoms with Crippen LogP contribution in [0.4, 0.5) is 4.39 Å². The summed E-state index contributed by atoms with van der Waals surface area (Å²) in [7, 11) is 0. The summed E-state index contributed by atoms with van der Waals surface area (Å²) in [5, 5.41) is 9.08. The van der Waals surface area contributed by atoms with Gasteiger partial charge in [0.1, 0.15) is 0 Å². The lowest BCUT2D eigenvalue weighted by Gasteiger charge is -2.14. The zero-order valence-corrected chi connectivity index (χ0v) is 14.0. The van der Waals surface area contributed by atoms with E-state index < -0.39 is 17.2 Å². The normalized spacial score (nSPS) is 10.8. The molecule has 0 aliphatic rings. The van der Waals surface area contributed by atoms with Crippen LogP contribution < -0.4 is 11.4 Å². The first-order valence-electron chi connectivity index (χ1n) is 7.14. The van der Waals surface area contributed by atoms with Gasteiger partial charge in [-0.15, -0.1) is 0 Å². The SMILES string of the molecule is N#CCCc1cc2c(=O)oc(=O)[nH]c2c(F)c1-c1cccc(Cl)c1Cl. The number of halogens is 3. The highest BCUT2D eigenvalue weighted by molar-refractivity contribution is 6.43. The molecule has 25 heavy (non-hydrogen) atoms. The van der Waals surface area contributed by atoms with Crippen molar-refractivity contribution in [3.05, 3.63) is 66.7 Å². The minimum Gasteiger partial charge on any atom is -0.372 e. The van der Waals surface area contributed by atoms with E-state index in [1.165, 1.54) is 6.07 Å². The van der Waals surface area contributed by atoms with Gasteiger partial charge in [-0.05, 0) is 24.1 Å². The number of rotatable bonds is 3. The topological polar surface area (TPSA) is 86.9 Å². The molecule has 1 aromatic heterocycles. The lowest BCUT2D eigenvalue weighted by Crippen LogP contribution is -2.16. The lowest BCUT2D eigenvalue weighted by molar-refractivity contribution is 0.458. The van der Waals surface area contributed by atoms with Crippen LogP contribution in [-0.4, -0.2) is 4.98 Å². The number of benzene rings is 2. The summed E-state index contributed by atoms with van der Waals surface area (Å²) in [6, 6.07) is 8.09. The smallest absolute Gasteiger partial charge is 0.372 e. The van der Waals surface area contributed by atoms with Crippen LogP contribution in [0.15, 0.2) is 38.3 Å². The van der Waals surface area contributed by atoms with Crippen LogP contribution in [0.3, 0.4) is 0 Å². The van der Waals surface area contributed by atoms with Crippen molar-refractivity contribution >= 4 is 34.1 Å². The number of nitrogens with zero attached hydrogens (tertiary/aromatic N) is 1. The number of aryl methyl sites for hydroxylation is 1. The highest BCUT2D eigenvalue weighted by Crippen LogP contribution is 2.38. The van der Waals surface area contributed by atoms with Crippen molar-refractivity contribution in [2.45, 2.75) is 12.8 Å². The molecule has 0 atom stereocenters. The van der Waals surface area contributed by atoms with Crippen LogP contribution in [0, 0.1) is 17.1 Å². The van der Waals surface area contributed by atoms with E-state index >= 15 is 4.39 Å². The molecule has 0 radical (unpaired) electrons. The summed E-state index contributed by atoms with van der Waals surface area (Å²) in [6.07, 6.45) is 0.283. The van der Waals surface area contributed by atoms with E-state index in [2.05, 4.69) is 9.40 Å². The van der Waals surface area contributed by atoms with Gasteiger partial charge in [0, 0.05) is 17.5 Å². The molecule has 2 aromatic carbocycles. The average Bonchev–Trinajstić information content (AvgIpc) is 2.57. The largest absolute Gasteiger partial charge is 0.419 e. The van der Waals surface area contributed by atoms with Crippen molar-refractivity contribution in [2.24, 2.45) is 0 Å². The second-order valence-corrected chi connectivity index (χ2v) is 5.99. The van der Waals surface area contributed by atoms with Gasteiger partial charge in [-0.25, -0.2) is 14.0 Å². The van der Waals surface area contributed by atoms with E-state index in [-0.39, 0.29) is 39.4 Å². The van der Waals surface area contributed by atoms with Gasteiger partial charge in [-0.2, -0.15) is 5.26 Å². The first kappa shape index (κ1) is 17.2. The van der Waals surface area contributed by atoms with Crippen LogP contribution in [0.2, 0.25) is 10.0 Å². The van der Waals surface area contributed by atoms with Crippen molar-refractivity contribution in [1.29, 1.82) is 5.26 Å². The summed E-state index contributed by atoms with van der Waals surface area (Å²) < 4.78 is 19.6. The Hall–Kier alpha value is -2.62. The van der Waals surface area contributed by atoms with Gasteiger partial charge in [0.2, 0.25) is 0 Å². The number of nitrogens with one attached hydrogen (secondary N) is 1. The first-order valence-corrected chi connectivity index (χ1v) is 7.89. The monoisotopic (exact) mass is 378 g/mol. The van der Waals surface area contributed by atoms with Gasteiger partial charge in [-0.3, -0.25) is 4.98 Å². The Labute approximate surface area is 150 Å². The zero-order chi connectivity index (χ0) is 18.1. The van der Waals surface area contributed by atoms with Gasteiger partial charge >= 0.3 is 11.4 Å². The van der Waals surface area contributed by atoms with Crippen LogP contribution in [0.5, 0.6) is 0 Å². The van der Waals surface area contributed by atoms with E-state index in [9.17, 15) is 9.59 Å². The molecule has 0 spiro atoms. The number of hydrogen-bond donors (Lipinski definition) is 1. The summed E-state index contributed by atoms with van der Waals surface area (Å²) in [6.45, 7) is 0. The maximum atomic E-state index is 15.2. The minimum atomic E-state index is -1.07. The fourth-order valence-electron chi connectivity index (χ4n) is 2.63. The fraction of sp³-hybridized carbons (Fsp3) is 0.118. The second kappa shape index (κ2) is 6.71. The molecule has 1 N–H and O–H groups in total. The van der Waals surface area contributed by atoms with Crippen LogP contribution >= 0.6 is 23.2 Å². The minimum absolute atomic E-state index is 0.0801. The Morgan fingerprint density at radius 2 is 2.04 bits per heavy atom. The maximum Gasteiger partial charge on any atom is 0.419 e. The Morgan fingerprint density at radius 3 is 2.76 bits per heavy atom. The predicted octanol–water partition coefficient (Wildman–Crippen LogP) is 4.05. The van der Waals surface area contributed by atoms with Crippen LogP contribution in [-0.2, 0) is 6.42 Å². The Morgan fingerprint density at radius 1 is 1.28 bits per heavy atom. The highest BCUT2D eigenvalue weighted by Gasteiger charge is 2.21. The summed E-state index contributed by atoms with van der Waals surface area (Å²) in [4.78, 5) is 25.5. The average molecular weight is 379 g/mol. The highest BCUT2D eigenvalue weighted by atomic mass is 35.5. The van der Waals surface area contributed by atoms with Gasteiger partial charge in [0.05, 0.1) is 27.0 Å². The Balaban J connectivity index is 2.45. The molecule has 8 heteroatoms. The van der Waals surface area contributed by atoms with Crippen molar-refractivity contribution in [1.82, 2.24) is 4.98 Å². The number of aromatic amines is 1. The van der Waals surface area contributed by atoms with E-state index in [1.807, 2.05) is 6.07 Å². The van der Waals surface area contributed by atoms with Crippen molar-refractivity contribution in [3.63, 3.8) is 0 Å². The maximum absolute atomic E-state index is 15.2. The third-order valence-electron chi connectivity index (χ3n) is 3.71. The van der Waals surface area contributed by atoms with Gasteiger partial charge in [0.15, 0.2) is 5.82 Å². The van der Waals surface area contributed by atoms with E-state index in [1.54, 1.807) is 18.2 Å². The van der Waals surface area contributed by atoms with Crippen LogP contribution in [0.25, 0.3) is 22.0 Å². The van der Waals surface area contributed by atoms with E-state index in [0.717, 1.165) is 0 Å². The predicted molar refractivity (Wildman–Crippen MR) is 92.5 cm³/mol. The van der Waals surface area contributed by atoms with Gasteiger partial charge in [0.25, 0.3) is 0 Å². The molecule has 0 aliphatic heterocycles. The zero-order valence-electron chi connectivity index (χ0n) is 12.5. The fourth-order valence-corrected chi connectivity index (χ4v) is 3.02. The molecule has 0 fully saturated rings. The molecule has 0 amide bonds. The van der Waals surface area contributed by atoms with E-state index in [4.69, 9.17) is 28.5 Å².